The third-order valence-electron chi connectivity index (χ3n) is 6.09. The second-order valence-electron chi connectivity index (χ2n) is 8.69. The molecule has 2 aromatic carbocycles. The van der Waals surface area contributed by atoms with Gasteiger partial charge >= 0.3 is 0 Å². The van der Waals surface area contributed by atoms with Crippen LogP contribution in [0.4, 0.5) is 0 Å². The molecule has 4 rings (SSSR count). The molecule has 0 aliphatic carbocycles. The highest BCUT2D eigenvalue weighted by Crippen LogP contribution is 2.25. The Hall–Kier alpha value is -2.10. The van der Waals surface area contributed by atoms with Crippen molar-refractivity contribution in [2.24, 2.45) is 0 Å². The van der Waals surface area contributed by atoms with E-state index in [2.05, 4.69) is 78.7 Å². The van der Waals surface area contributed by atoms with Crippen LogP contribution in [0.1, 0.15) is 30.4 Å². The van der Waals surface area contributed by atoms with Gasteiger partial charge in [0.2, 0.25) is 0 Å². The van der Waals surface area contributed by atoms with E-state index in [1.807, 2.05) is 0 Å². The maximum Gasteiger partial charge on any atom is 0.147 e. The number of rotatable bonds is 6. The normalized spacial score (nSPS) is 25.9. The van der Waals surface area contributed by atoms with Gasteiger partial charge in [-0.15, -0.1) is 0 Å². The molecule has 3 nitrogen and oxygen atoms in total. The molecule has 148 valence electrons. The summed E-state index contributed by atoms with van der Waals surface area (Å²) in [7, 11) is 2.39. The lowest BCUT2D eigenvalue weighted by Crippen LogP contribution is -2.52. The van der Waals surface area contributed by atoms with Gasteiger partial charge in [-0.25, -0.2) is 0 Å². The van der Waals surface area contributed by atoms with Crippen LogP contribution in [-0.2, 0) is 17.8 Å². The molecule has 0 spiro atoms. The maximum absolute atomic E-state index is 6.48. The number of nitrogens with zero attached hydrogens (tertiary/aromatic N) is 2. The number of likely N-dealkylation sites (tertiary alicyclic amines) is 1. The first-order chi connectivity index (χ1) is 13.7. The lowest BCUT2D eigenvalue weighted by molar-refractivity contribution is -0.930. The van der Waals surface area contributed by atoms with E-state index in [0.717, 1.165) is 43.6 Å². The van der Waals surface area contributed by atoms with Crippen LogP contribution in [0.2, 0.25) is 0 Å². The first kappa shape index (κ1) is 19.2. The van der Waals surface area contributed by atoms with Gasteiger partial charge in [0.05, 0.1) is 19.4 Å². The molecule has 2 unspecified atom stereocenters. The molecule has 1 saturated heterocycles. The van der Waals surface area contributed by atoms with Crippen molar-refractivity contribution in [3.05, 3.63) is 83.6 Å². The Bertz CT molecular complexity index is 774. The van der Waals surface area contributed by atoms with Crippen LogP contribution in [-0.4, -0.2) is 48.7 Å². The van der Waals surface area contributed by atoms with Gasteiger partial charge in [0.1, 0.15) is 19.2 Å². The van der Waals surface area contributed by atoms with Crippen LogP contribution in [0.15, 0.2) is 72.5 Å². The fourth-order valence-corrected chi connectivity index (χ4v) is 4.64. The minimum Gasteiger partial charge on any atom is -0.489 e. The van der Waals surface area contributed by atoms with Crippen LogP contribution in [0, 0.1) is 0 Å². The molecule has 2 aromatic rings. The van der Waals surface area contributed by atoms with Crippen LogP contribution in [0.25, 0.3) is 0 Å². The van der Waals surface area contributed by atoms with Crippen LogP contribution in [0.5, 0.6) is 0 Å². The van der Waals surface area contributed by atoms with Gasteiger partial charge in [-0.05, 0) is 18.1 Å². The summed E-state index contributed by atoms with van der Waals surface area (Å²) in [6.45, 7) is 6.57. The molecule has 0 aromatic heterocycles. The monoisotopic (exact) mass is 377 g/mol. The van der Waals surface area contributed by atoms with Crippen molar-refractivity contribution in [2.75, 3.05) is 33.2 Å². The molecule has 2 atom stereocenters. The number of piperidine rings is 1. The van der Waals surface area contributed by atoms with E-state index in [9.17, 15) is 0 Å². The molecule has 3 heteroatoms. The topological polar surface area (TPSA) is 12.5 Å². The Morgan fingerprint density at radius 3 is 2.39 bits per heavy atom. The number of likely N-dealkylation sites (N-methyl/N-ethyl adjacent to an activating group) is 1. The van der Waals surface area contributed by atoms with Crippen LogP contribution >= 0.6 is 0 Å². The molecule has 0 saturated carbocycles. The molecule has 0 N–H and O–H groups in total. The number of hydrogen-bond acceptors (Lipinski definition) is 2. The Balaban J connectivity index is 1.29. The largest absolute Gasteiger partial charge is 0.489 e. The van der Waals surface area contributed by atoms with E-state index in [0.29, 0.717) is 6.10 Å². The van der Waals surface area contributed by atoms with Crippen LogP contribution in [0.3, 0.4) is 0 Å². The maximum atomic E-state index is 6.48. The van der Waals surface area contributed by atoms with E-state index in [1.165, 1.54) is 36.3 Å². The van der Waals surface area contributed by atoms with E-state index in [4.69, 9.17) is 4.74 Å². The van der Waals surface area contributed by atoms with Crippen molar-refractivity contribution < 1.29 is 9.22 Å². The van der Waals surface area contributed by atoms with Gasteiger partial charge in [-0.2, -0.15) is 0 Å². The Kier molecular flexibility index (Phi) is 6.13. The van der Waals surface area contributed by atoms with Gasteiger partial charge < -0.3 is 9.22 Å². The number of ether oxygens (including phenoxy) is 1. The van der Waals surface area contributed by atoms with E-state index in [-0.39, 0.29) is 0 Å². The lowest BCUT2D eigenvalue weighted by atomic mass is 10.0. The quantitative estimate of drug-likeness (QED) is 0.682. The molecule has 0 bridgehead atoms. The fourth-order valence-electron chi connectivity index (χ4n) is 4.64. The zero-order valence-corrected chi connectivity index (χ0v) is 17.1. The van der Waals surface area contributed by atoms with Gasteiger partial charge in [-0.3, -0.25) is 4.90 Å². The molecule has 0 radical (unpaired) electrons. The lowest BCUT2D eigenvalue weighted by Gasteiger charge is -2.42. The van der Waals surface area contributed by atoms with E-state index < -0.39 is 0 Å². The summed E-state index contributed by atoms with van der Waals surface area (Å²) in [5.41, 5.74) is 2.82. The minimum absolute atomic E-state index is 0.356. The summed E-state index contributed by atoms with van der Waals surface area (Å²) in [4.78, 5) is 2.50. The molecule has 28 heavy (non-hydrogen) atoms. The SMILES string of the molecule is C[N+]1(Cc2ccccc2)CCCC(OC2=CCN(Cc3ccccc3)CC2)C1. The predicted molar refractivity (Wildman–Crippen MR) is 115 cm³/mol. The Labute approximate surface area is 169 Å². The highest BCUT2D eigenvalue weighted by molar-refractivity contribution is 5.15. The number of quaternary nitrogens is 1. The van der Waals surface area contributed by atoms with Crippen molar-refractivity contribution >= 4 is 0 Å². The predicted octanol–water partition coefficient (Wildman–Crippen LogP) is 4.60. The summed E-state index contributed by atoms with van der Waals surface area (Å²) in [5.74, 6) is 1.21. The summed E-state index contributed by atoms with van der Waals surface area (Å²) in [6, 6.07) is 21.6. The van der Waals surface area contributed by atoms with Gasteiger partial charge in [-0.1, -0.05) is 60.7 Å². The standard InChI is InChI=1S/C25H33N2O/c1-27(20-23-11-6-3-7-12-23)18-8-13-25(21-27)28-24-14-16-26(17-15-24)19-22-9-4-2-5-10-22/h2-7,9-12,14,25H,8,13,15-21H2,1H3/q+1. The van der Waals surface area contributed by atoms with E-state index >= 15 is 0 Å². The zero-order chi connectivity index (χ0) is 19.2. The molecule has 1 fully saturated rings. The van der Waals surface area contributed by atoms with Gasteiger partial charge in [0, 0.05) is 38.0 Å². The van der Waals surface area contributed by atoms with Crippen molar-refractivity contribution in [3.63, 3.8) is 0 Å². The minimum atomic E-state index is 0.356. The molecule has 2 heterocycles. The molecule has 0 amide bonds. The molecule has 2 aliphatic rings. The third-order valence-corrected chi connectivity index (χ3v) is 6.09. The van der Waals surface area contributed by atoms with Gasteiger partial charge in [0.15, 0.2) is 0 Å². The smallest absolute Gasteiger partial charge is 0.147 e. The Morgan fingerprint density at radius 2 is 1.71 bits per heavy atom. The van der Waals surface area contributed by atoms with Crippen LogP contribution < -0.4 is 0 Å². The molecular formula is C25H33N2O+. The van der Waals surface area contributed by atoms with Crippen molar-refractivity contribution in [1.82, 2.24) is 4.90 Å². The second kappa shape index (κ2) is 8.93. The molecule has 2 aliphatic heterocycles. The number of benzene rings is 2. The third kappa shape index (κ3) is 5.24. The highest BCUT2D eigenvalue weighted by atomic mass is 16.5. The summed E-state index contributed by atoms with van der Waals surface area (Å²) >= 11 is 0. The zero-order valence-electron chi connectivity index (χ0n) is 17.1. The van der Waals surface area contributed by atoms with Crippen molar-refractivity contribution in [2.45, 2.75) is 38.5 Å². The van der Waals surface area contributed by atoms with E-state index in [1.54, 1.807) is 0 Å². The van der Waals surface area contributed by atoms with Gasteiger partial charge in [0.25, 0.3) is 0 Å². The van der Waals surface area contributed by atoms with Crippen molar-refractivity contribution in [3.8, 4) is 0 Å². The first-order valence-corrected chi connectivity index (χ1v) is 10.7. The summed E-state index contributed by atoms with van der Waals surface area (Å²) < 4.78 is 7.57. The summed E-state index contributed by atoms with van der Waals surface area (Å²) in [5, 5.41) is 0. The number of hydrogen-bond donors (Lipinski definition) is 0. The second-order valence-corrected chi connectivity index (χ2v) is 8.69. The van der Waals surface area contributed by atoms with Crippen molar-refractivity contribution in [1.29, 1.82) is 0 Å². The first-order valence-electron chi connectivity index (χ1n) is 10.7. The molecular weight excluding hydrogens is 344 g/mol. The fraction of sp³-hybridized carbons (Fsp3) is 0.440. The summed E-state index contributed by atoms with van der Waals surface area (Å²) in [6.07, 6.45) is 6.14. The average molecular weight is 378 g/mol. The average Bonchev–Trinajstić information content (AvgIpc) is 2.71. The Morgan fingerprint density at radius 1 is 1.00 bits per heavy atom. The highest BCUT2D eigenvalue weighted by Gasteiger charge is 2.33.